The molecule has 0 fully saturated rings. The van der Waals surface area contributed by atoms with Gasteiger partial charge in [0.25, 0.3) is 10.0 Å². The van der Waals surface area contributed by atoms with Crippen molar-refractivity contribution >= 4 is 33.3 Å². The maximum atomic E-state index is 12.9. The van der Waals surface area contributed by atoms with Crippen LogP contribution in [0.1, 0.15) is 10.4 Å². The number of carbonyl (C=O) groups excluding carboxylic acids is 1. The van der Waals surface area contributed by atoms with Crippen LogP contribution in [0.3, 0.4) is 0 Å². The first-order chi connectivity index (χ1) is 13.4. The lowest BCUT2D eigenvalue weighted by molar-refractivity contribution is 0.0600. The van der Waals surface area contributed by atoms with Gasteiger partial charge in [-0.15, -0.1) is 0 Å². The molecular formula is C20H16ClNO5S. The van der Waals surface area contributed by atoms with Crippen molar-refractivity contribution in [2.45, 2.75) is 4.90 Å². The molecular weight excluding hydrogens is 402 g/mol. The molecule has 0 atom stereocenters. The van der Waals surface area contributed by atoms with Crippen LogP contribution in [0.2, 0.25) is 5.02 Å². The average Bonchev–Trinajstić information content (AvgIpc) is 2.69. The number of methoxy groups -OCH3 is 1. The van der Waals surface area contributed by atoms with E-state index in [1.54, 1.807) is 48.5 Å². The van der Waals surface area contributed by atoms with Crippen LogP contribution in [0.4, 0.5) is 5.69 Å². The zero-order valence-corrected chi connectivity index (χ0v) is 16.3. The van der Waals surface area contributed by atoms with Crippen LogP contribution in [0.25, 0.3) is 0 Å². The van der Waals surface area contributed by atoms with Gasteiger partial charge in [0.1, 0.15) is 10.6 Å². The van der Waals surface area contributed by atoms with Gasteiger partial charge in [-0.1, -0.05) is 41.9 Å². The fraction of sp³-hybridized carbons (Fsp3) is 0.0500. The highest BCUT2D eigenvalue weighted by atomic mass is 35.5. The van der Waals surface area contributed by atoms with Gasteiger partial charge in [0.05, 0.1) is 23.4 Å². The molecule has 0 spiro atoms. The summed E-state index contributed by atoms with van der Waals surface area (Å²) in [5.41, 5.74) is 0.298. The second kappa shape index (κ2) is 8.33. The molecule has 3 rings (SSSR count). The number of sulfonamides is 1. The fourth-order valence-electron chi connectivity index (χ4n) is 2.41. The molecule has 3 aromatic carbocycles. The topological polar surface area (TPSA) is 81.7 Å². The summed E-state index contributed by atoms with van der Waals surface area (Å²) in [4.78, 5) is 11.5. The van der Waals surface area contributed by atoms with E-state index in [1.165, 1.54) is 19.2 Å². The van der Waals surface area contributed by atoms with E-state index >= 15 is 0 Å². The van der Waals surface area contributed by atoms with E-state index in [9.17, 15) is 13.2 Å². The molecule has 3 aromatic rings. The number of esters is 1. The van der Waals surface area contributed by atoms with E-state index in [-0.39, 0.29) is 21.2 Å². The van der Waals surface area contributed by atoms with Gasteiger partial charge in [-0.3, -0.25) is 4.72 Å². The van der Waals surface area contributed by atoms with Crippen LogP contribution in [0.5, 0.6) is 11.5 Å². The Hall–Kier alpha value is -3.03. The molecule has 0 aliphatic heterocycles. The number of carbonyl (C=O) groups is 1. The first-order valence-corrected chi connectivity index (χ1v) is 9.99. The third kappa shape index (κ3) is 4.44. The Balaban J connectivity index is 1.95. The summed E-state index contributed by atoms with van der Waals surface area (Å²) < 4.78 is 38.6. The van der Waals surface area contributed by atoms with Gasteiger partial charge < -0.3 is 9.47 Å². The number of hydrogen-bond donors (Lipinski definition) is 1. The Labute approximate surface area is 167 Å². The maximum absolute atomic E-state index is 12.9. The molecule has 1 N–H and O–H groups in total. The lowest BCUT2D eigenvalue weighted by Gasteiger charge is -2.14. The van der Waals surface area contributed by atoms with Gasteiger partial charge in [0.15, 0.2) is 5.75 Å². The number of nitrogens with one attached hydrogen (secondary N) is 1. The molecule has 0 heterocycles. The molecule has 28 heavy (non-hydrogen) atoms. The first-order valence-electron chi connectivity index (χ1n) is 8.13. The zero-order valence-electron chi connectivity index (χ0n) is 14.8. The second-order valence-corrected chi connectivity index (χ2v) is 7.71. The second-order valence-electron chi connectivity index (χ2n) is 5.65. The minimum absolute atomic E-state index is 0.0263. The van der Waals surface area contributed by atoms with Crippen LogP contribution in [-0.4, -0.2) is 21.5 Å². The lowest BCUT2D eigenvalue weighted by atomic mass is 10.2. The maximum Gasteiger partial charge on any atom is 0.337 e. The van der Waals surface area contributed by atoms with Crippen molar-refractivity contribution in [1.82, 2.24) is 0 Å². The van der Waals surface area contributed by atoms with E-state index < -0.39 is 16.0 Å². The number of halogens is 1. The van der Waals surface area contributed by atoms with Crippen LogP contribution in [0.15, 0.2) is 77.7 Å². The van der Waals surface area contributed by atoms with Crippen LogP contribution < -0.4 is 9.46 Å². The largest absolute Gasteiger partial charge is 0.465 e. The summed E-state index contributed by atoms with van der Waals surface area (Å²) in [5.74, 6) is 0.207. The lowest BCUT2D eigenvalue weighted by Crippen LogP contribution is -2.15. The minimum Gasteiger partial charge on any atom is -0.465 e. The summed E-state index contributed by atoms with van der Waals surface area (Å²) in [7, 11) is -2.88. The van der Waals surface area contributed by atoms with Gasteiger partial charge in [-0.05, 0) is 42.5 Å². The Kier molecular flexibility index (Phi) is 5.87. The van der Waals surface area contributed by atoms with Crippen LogP contribution >= 0.6 is 11.6 Å². The molecule has 0 radical (unpaired) electrons. The molecule has 0 unspecified atom stereocenters. The van der Waals surface area contributed by atoms with Crippen LogP contribution in [0, 0.1) is 0 Å². The summed E-state index contributed by atoms with van der Waals surface area (Å²) in [5, 5.41) is -0.0263. The molecule has 0 bridgehead atoms. The van der Waals surface area contributed by atoms with E-state index in [2.05, 4.69) is 9.46 Å². The number of para-hydroxylation sites is 3. The molecule has 0 saturated carbocycles. The van der Waals surface area contributed by atoms with Crippen molar-refractivity contribution in [2.24, 2.45) is 0 Å². The molecule has 0 saturated heterocycles. The summed E-state index contributed by atoms with van der Waals surface area (Å²) >= 11 is 6.06. The number of ether oxygens (including phenoxy) is 2. The average molecular weight is 418 g/mol. The molecule has 6 nitrogen and oxygen atoms in total. The van der Waals surface area contributed by atoms with Gasteiger partial charge in [-0.25, -0.2) is 13.2 Å². The highest BCUT2D eigenvalue weighted by molar-refractivity contribution is 7.92. The smallest absolute Gasteiger partial charge is 0.337 e. The van der Waals surface area contributed by atoms with Gasteiger partial charge in [0.2, 0.25) is 0 Å². The Morgan fingerprint density at radius 1 is 0.964 bits per heavy atom. The van der Waals surface area contributed by atoms with Gasteiger partial charge in [-0.2, -0.15) is 0 Å². The van der Waals surface area contributed by atoms with E-state index in [0.29, 0.717) is 11.5 Å². The zero-order chi connectivity index (χ0) is 20.1. The molecule has 0 amide bonds. The molecule has 0 aliphatic carbocycles. The van der Waals surface area contributed by atoms with Gasteiger partial charge in [0, 0.05) is 0 Å². The van der Waals surface area contributed by atoms with Crippen molar-refractivity contribution in [3.63, 3.8) is 0 Å². The molecule has 144 valence electrons. The molecule has 8 heteroatoms. The Morgan fingerprint density at radius 2 is 1.64 bits per heavy atom. The monoisotopic (exact) mass is 417 g/mol. The Bertz CT molecular complexity index is 1100. The quantitative estimate of drug-likeness (QED) is 0.587. The number of benzene rings is 3. The highest BCUT2D eigenvalue weighted by Gasteiger charge is 2.22. The van der Waals surface area contributed by atoms with Crippen molar-refractivity contribution in [2.75, 3.05) is 11.8 Å². The van der Waals surface area contributed by atoms with Crippen molar-refractivity contribution < 1.29 is 22.7 Å². The van der Waals surface area contributed by atoms with E-state index in [4.69, 9.17) is 16.3 Å². The first kappa shape index (κ1) is 19.7. The Morgan fingerprint density at radius 3 is 2.36 bits per heavy atom. The SMILES string of the molecule is COC(=O)c1ccc(Cl)c(S(=O)(=O)Nc2ccccc2Oc2ccccc2)c1. The standard InChI is InChI=1S/C20H16ClNO5S/c1-26-20(23)14-11-12-16(21)19(13-14)28(24,25)22-17-9-5-6-10-18(17)27-15-7-3-2-4-8-15/h2-13,22H,1H3. The highest BCUT2D eigenvalue weighted by Crippen LogP contribution is 2.32. The number of anilines is 1. The fourth-order valence-corrected chi connectivity index (χ4v) is 4.01. The number of hydrogen-bond acceptors (Lipinski definition) is 5. The van der Waals surface area contributed by atoms with E-state index in [0.717, 1.165) is 6.07 Å². The molecule has 0 aromatic heterocycles. The van der Waals surface area contributed by atoms with E-state index in [1.807, 2.05) is 6.07 Å². The number of rotatable bonds is 6. The summed E-state index contributed by atoms with van der Waals surface area (Å²) in [6.45, 7) is 0. The minimum atomic E-state index is -4.09. The van der Waals surface area contributed by atoms with Crippen LogP contribution in [-0.2, 0) is 14.8 Å². The van der Waals surface area contributed by atoms with Gasteiger partial charge >= 0.3 is 5.97 Å². The van der Waals surface area contributed by atoms with Crippen molar-refractivity contribution in [1.29, 1.82) is 0 Å². The molecule has 0 aliphatic rings. The third-order valence-corrected chi connectivity index (χ3v) is 5.59. The third-order valence-electron chi connectivity index (χ3n) is 3.74. The van der Waals surface area contributed by atoms with Crippen molar-refractivity contribution in [3.05, 3.63) is 83.4 Å². The van der Waals surface area contributed by atoms with Crippen molar-refractivity contribution in [3.8, 4) is 11.5 Å². The normalized spacial score (nSPS) is 10.9. The summed E-state index contributed by atoms with van der Waals surface area (Å²) in [6, 6.07) is 19.4. The predicted molar refractivity (Wildman–Crippen MR) is 107 cm³/mol. The summed E-state index contributed by atoms with van der Waals surface area (Å²) in [6.07, 6.45) is 0. The predicted octanol–water partition coefficient (Wildman–Crippen LogP) is 4.72.